The molecule has 5 heteroatoms. The molecule has 2 N–H and O–H groups in total. The van der Waals surface area contributed by atoms with E-state index in [0.29, 0.717) is 12.1 Å². The topological polar surface area (TPSA) is 32.3 Å². The highest BCUT2D eigenvalue weighted by atomic mass is 19.2. The van der Waals surface area contributed by atoms with Crippen molar-refractivity contribution in [1.29, 1.82) is 0 Å². The van der Waals surface area contributed by atoms with Crippen molar-refractivity contribution in [2.75, 3.05) is 11.9 Å². The van der Waals surface area contributed by atoms with Crippen LogP contribution in [-0.4, -0.2) is 17.8 Å². The maximum Gasteiger partial charge on any atom is 0.161 e. The van der Waals surface area contributed by atoms with Crippen LogP contribution in [-0.2, 0) is 0 Å². The number of rotatable bonds is 3. The molecule has 0 aliphatic carbocycles. The summed E-state index contributed by atoms with van der Waals surface area (Å²) in [6, 6.07) is 1.17. The van der Waals surface area contributed by atoms with Crippen LogP contribution >= 0.6 is 0 Å². The molecule has 1 unspecified atom stereocenters. The van der Waals surface area contributed by atoms with Crippen LogP contribution in [0, 0.1) is 17.5 Å². The van der Waals surface area contributed by atoms with E-state index in [-0.39, 0.29) is 12.2 Å². The second-order valence-electron chi connectivity index (χ2n) is 2.98. The summed E-state index contributed by atoms with van der Waals surface area (Å²) in [7, 11) is 0. The van der Waals surface area contributed by atoms with Gasteiger partial charge in [-0.1, -0.05) is 0 Å². The van der Waals surface area contributed by atoms with Gasteiger partial charge in [-0.25, -0.2) is 13.2 Å². The van der Waals surface area contributed by atoms with Crippen molar-refractivity contribution in [2.24, 2.45) is 0 Å². The molecule has 1 atom stereocenters. The molecule has 0 aliphatic rings. The molecule has 0 radical (unpaired) electrons. The molecule has 0 spiro atoms. The van der Waals surface area contributed by atoms with E-state index in [0.717, 1.165) is 0 Å². The molecule has 2 nitrogen and oxygen atoms in total. The molecule has 1 rings (SSSR count). The Bertz CT molecular complexity index is 328. The molecule has 0 saturated heterocycles. The minimum Gasteiger partial charge on any atom is -0.392 e. The minimum atomic E-state index is -1.23. The number of halogens is 3. The fourth-order valence-corrected chi connectivity index (χ4v) is 0.916. The molecule has 1 aromatic carbocycles. The Labute approximate surface area is 79.4 Å². The fourth-order valence-electron chi connectivity index (χ4n) is 0.916. The van der Waals surface area contributed by atoms with Crippen LogP contribution in [0.4, 0.5) is 18.9 Å². The molecular weight excluding hydrogens is 195 g/mol. The van der Waals surface area contributed by atoms with Crippen LogP contribution in [0.25, 0.3) is 0 Å². The predicted octanol–water partition coefficient (Wildman–Crippen LogP) is 1.90. The van der Waals surface area contributed by atoms with Gasteiger partial charge >= 0.3 is 0 Å². The van der Waals surface area contributed by atoms with Crippen LogP contribution < -0.4 is 5.32 Å². The van der Waals surface area contributed by atoms with E-state index in [9.17, 15) is 13.2 Å². The molecule has 14 heavy (non-hydrogen) atoms. The molecule has 0 fully saturated rings. The van der Waals surface area contributed by atoms with E-state index in [1.165, 1.54) is 6.92 Å². The van der Waals surface area contributed by atoms with E-state index >= 15 is 0 Å². The lowest BCUT2D eigenvalue weighted by atomic mass is 10.2. The Kier molecular flexibility index (Phi) is 3.35. The van der Waals surface area contributed by atoms with E-state index in [4.69, 9.17) is 5.11 Å². The largest absolute Gasteiger partial charge is 0.392 e. The third-order valence-electron chi connectivity index (χ3n) is 1.60. The van der Waals surface area contributed by atoms with Crippen LogP contribution in [0.15, 0.2) is 12.1 Å². The highest BCUT2D eigenvalue weighted by molar-refractivity contribution is 5.45. The van der Waals surface area contributed by atoms with Crippen molar-refractivity contribution in [3.05, 3.63) is 29.6 Å². The molecular formula is C9H10F3NO. The molecule has 0 heterocycles. The molecule has 0 bridgehead atoms. The normalized spacial score (nSPS) is 12.6. The monoisotopic (exact) mass is 205 g/mol. The first-order valence-electron chi connectivity index (χ1n) is 4.07. The zero-order valence-corrected chi connectivity index (χ0v) is 7.52. The van der Waals surface area contributed by atoms with Gasteiger partial charge in [-0.15, -0.1) is 0 Å². The highest BCUT2D eigenvalue weighted by Crippen LogP contribution is 2.18. The van der Waals surface area contributed by atoms with E-state index < -0.39 is 23.6 Å². The van der Waals surface area contributed by atoms with Gasteiger partial charge in [0.1, 0.15) is 5.82 Å². The summed E-state index contributed by atoms with van der Waals surface area (Å²) in [4.78, 5) is 0. The van der Waals surface area contributed by atoms with Gasteiger partial charge < -0.3 is 10.4 Å². The van der Waals surface area contributed by atoms with Gasteiger partial charge in [0.05, 0.1) is 11.8 Å². The standard InChI is InChI=1S/C9H10F3NO/c1-5(14)4-13-9-3-7(11)6(10)2-8(9)12/h2-3,5,13-14H,4H2,1H3. The zero-order chi connectivity index (χ0) is 10.7. The van der Waals surface area contributed by atoms with Crippen molar-refractivity contribution < 1.29 is 18.3 Å². The van der Waals surface area contributed by atoms with Gasteiger partial charge in [0.15, 0.2) is 11.6 Å². The molecule has 0 amide bonds. The fraction of sp³-hybridized carbons (Fsp3) is 0.333. The summed E-state index contributed by atoms with van der Waals surface area (Å²) in [6.07, 6.45) is -0.692. The molecule has 0 saturated carbocycles. The first kappa shape index (κ1) is 10.8. The smallest absolute Gasteiger partial charge is 0.161 e. The van der Waals surface area contributed by atoms with Crippen LogP contribution in [0.2, 0.25) is 0 Å². The van der Waals surface area contributed by atoms with Crippen molar-refractivity contribution >= 4 is 5.69 Å². The first-order chi connectivity index (χ1) is 6.50. The van der Waals surface area contributed by atoms with Gasteiger partial charge in [-0.05, 0) is 6.92 Å². The van der Waals surface area contributed by atoms with E-state index in [2.05, 4.69) is 5.32 Å². The second kappa shape index (κ2) is 4.32. The molecule has 0 aromatic heterocycles. The molecule has 0 aliphatic heterocycles. The van der Waals surface area contributed by atoms with Crippen LogP contribution in [0.5, 0.6) is 0 Å². The minimum absolute atomic E-state index is 0.0714. The summed E-state index contributed by atoms with van der Waals surface area (Å²) in [5.74, 6) is -3.24. The lowest BCUT2D eigenvalue weighted by Gasteiger charge is -2.09. The predicted molar refractivity (Wildman–Crippen MR) is 46.5 cm³/mol. The van der Waals surface area contributed by atoms with Crippen LogP contribution in [0.3, 0.4) is 0 Å². The van der Waals surface area contributed by atoms with Gasteiger partial charge in [0, 0.05) is 18.7 Å². The Balaban J connectivity index is 2.82. The quantitative estimate of drug-likeness (QED) is 0.738. The highest BCUT2D eigenvalue weighted by Gasteiger charge is 2.09. The average molecular weight is 205 g/mol. The summed E-state index contributed by atoms with van der Waals surface area (Å²) in [5, 5.41) is 11.3. The maximum atomic E-state index is 12.9. The maximum absolute atomic E-state index is 12.9. The number of aliphatic hydroxyl groups excluding tert-OH is 1. The Morgan fingerprint density at radius 2 is 1.79 bits per heavy atom. The van der Waals surface area contributed by atoms with Gasteiger partial charge in [0.2, 0.25) is 0 Å². The number of hydrogen-bond acceptors (Lipinski definition) is 2. The Hall–Kier alpha value is -1.23. The number of benzene rings is 1. The average Bonchev–Trinajstić information content (AvgIpc) is 2.09. The van der Waals surface area contributed by atoms with Gasteiger partial charge in [0.25, 0.3) is 0 Å². The second-order valence-corrected chi connectivity index (χ2v) is 2.98. The lowest BCUT2D eigenvalue weighted by Crippen LogP contribution is -2.16. The Morgan fingerprint density at radius 3 is 2.36 bits per heavy atom. The molecule has 78 valence electrons. The van der Waals surface area contributed by atoms with E-state index in [1.807, 2.05) is 0 Å². The summed E-state index contributed by atoms with van der Waals surface area (Å²) >= 11 is 0. The number of nitrogens with one attached hydrogen (secondary N) is 1. The van der Waals surface area contributed by atoms with Gasteiger partial charge in [-0.3, -0.25) is 0 Å². The van der Waals surface area contributed by atoms with Crippen molar-refractivity contribution in [2.45, 2.75) is 13.0 Å². The van der Waals surface area contributed by atoms with Gasteiger partial charge in [-0.2, -0.15) is 0 Å². The van der Waals surface area contributed by atoms with Crippen molar-refractivity contribution in [3.8, 4) is 0 Å². The number of anilines is 1. The first-order valence-corrected chi connectivity index (χ1v) is 4.07. The summed E-state index contributed by atoms with van der Waals surface area (Å²) in [6.45, 7) is 1.56. The third-order valence-corrected chi connectivity index (χ3v) is 1.60. The third kappa shape index (κ3) is 2.63. The van der Waals surface area contributed by atoms with Crippen molar-refractivity contribution in [3.63, 3.8) is 0 Å². The summed E-state index contributed by atoms with van der Waals surface area (Å²) < 4.78 is 38.0. The zero-order valence-electron chi connectivity index (χ0n) is 7.52. The Morgan fingerprint density at radius 1 is 1.21 bits per heavy atom. The number of hydrogen-bond donors (Lipinski definition) is 2. The summed E-state index contributed by atoms with van der Waals surface area (Å²) in [5.41, 5.74) is -0.162. The van der Waals surface area contributed by atoms with Crippen LogP contribution in [0.1, 0.15) is 6.92 Å². The lowest BCUT2D eigenvalue weighted by molar-refractivity contribution is 0.208. The number of aliphatic hydroxyl groups is 1. The van der Waals surface area contributed by atoms with E-state index in [1.54, 1.807) is 0 Å². The SMILES string of the molecule is CC(O)CNc1cc(F)c(F)cc1F. The molecule has 1 aromatic rings. The van der Waals surface area contributed by atoms with Crippen molar-refractivity contribution in [1.82, 2.24) is 0 Å².